The van der Waals surface area contributed by atoms with Crippen LogP contribution in [0, 0.1) is 6.92 Å². The summed E-state index contributed by atoms with van der Waals surface area (Å²) in [5.74, 6) is 2.41. The Morgan fingerprint density at radius 1 is 1.07 bits per heavy atom. The summed E-state index contributed by atoms with van der Waals surface area (Å²) in [6, 6.07) is 19.9. The van der Waals surface area contributed by atoms with Crippen molar-refractivity contribution in [1.29, 1.82) is 0 Å². The summed E-state index contributed by atoms with van der Waals surface area (Å²) in [4.78, 5) is 14.8. The van der Waals surface area contributed by atoms with E-state index < -0.39 is 0 Å². The lowest BCUT2D eigenvalue weighted by molar-refractivity contribution is 0.0951. The molecule has 1 heterocycles. The molecule has 1 N–H and O–H groups in total. The van der Waals surface area contributed by atoms with Crippen LogP contribution >= 0.6 is 23.5 Å². The standard InChI is InChI=1S/C21H22N2O2S2/c1-16-14-17(25-23-16)15-27-20-11-6-5-10-19(20)21(24)22-12-7-13-26-18-8-3-2-4-9-18/h2-6,8-11,14H,7,12-13,15H2,1H3,(H,22,24). The van der Waals surface area contributed by atoms with Crippen molar-refractivity contribution in [3.8, 4) is 0 Å². The van der Waals surface area contributed by atoms with Gasteiger partial charge in [0.1, 0.15) is 5.76 Å². The second-order valence-corrected chi connectivity index (χ2v) is 8.18. The van der Waals surface area contributed by atoms with Crippen molar-refractivity contribution < 1.29 is 9.32 Å². The van der Waals surface area contributed by atoms with Crippen LogP contribution < -0.4 is 5.32 Å². The van der Waals surface area contributed by atoms with Gasteiger partial charge >= 0.3 is 0 Å². The summed E-state index contributed by atoms with van der Waals surface area (Å²) in [5.41, 5.74) is 1.57. The molecule has 0 atom stereocenters. The normalized spacial score (nSPS) is 10.7. The third-order valence-corrected chi connectivity index (χ3v) is 5.99. The van der Waals surface area contributed by atoms with Crippen LogP contribution in [0.2, 0.25) is 0 Å². The Bertz CT molecular complexity index is 865. The maximum Gasteiger partial charge on any atom is 0.252 e. The van der Waals surface area contributed by atoms with Crippen molar-refractivity contribution in [1.82, 2.24) is 10.5 Å². The van der Waals surface area contributed by atoms with Gasteiger partial charge in [-0.25, -0.2) is 0 Å². The minimum Gasteiger partial charge on any atom is -0.360 e. The molecule has 1 amide bonds. The van der Waals surface area contributed by atoms with Gasteiger partial charge in [0.15, 0.2) is 0 Å². The second kappa shape index (κ2) is 10.2. The zero-order chi connectivity index (χ0) is 18.9. The molecule has 0 saturated carbocycles. The highest BCUT2D eigenvalue weighted by molar-refractivity contribution is 7.99. The molecule has 1 aromatic heterocycles. The number of aryl methyl sites for hydroxylation is 1. The van der Waals surface area contributed by atoms with Gasteiger partial charge in [0.25, 0.3) is 5.91 Å². The maximum atomic E-state index is 12.5. The molecule has 0 aliphatic carbocycles. The van der Waals surface area contributed by atoms with Crippen molar-refractivity contribution in [2.75, 3.05) is 12.3 Å². The fourth-order valence-corrected chi connectivity index (χ4v) is 4.29. The lowest BCUT2D eigenvalue weighted by Crippen LogP contribution is -2.25. The lowest BCUT2D eigenvalue weighted by atomic mass is 10.2. The van der Waals surface area contributed by atoms with E-state index in [1.54, 1.807) is 11.8 Å². The van der Waals surface area contributed by atoms with Crippen molar-refractivity contribution in [2.24, 2.45) is 0 Å². The Balaban J connectivity index is 1.46. The van der Waals surface area contributed by atoms with Gasteiger partial charge in [-0.2, -0.15) is 0 Å². The Morgan fingerprint density at radius 2 is 1.85 bits per heavy atom. The van der Waals surface area contributed by atoms with Crippen molar-refractivity contribution >= 4 is 29.4 Å². The zero-order valence-corrected chi connectivity index (χ0v) is 16.8. The number of carbonyl (C=O) groups is 1. The Hall–Kier alpha value is -2.18. The van der Waals surface area contributed by atoms with E-state index in [9.17, 15) is 4.79 Å². The maximum absolute atomic E-state index is 12.5. The average molecular weight is 399 g/mol. The smallest absolute Gasteiger partial charge is 0.252 e. The van der Waals surface area contributed by atoms with Gasteiger partial charge in [-0.05, 0) is 43.4 Å². The molecular formula is C21H22N2O2S2. The van der Waals surface area contributed by atoms with Crippen LogP contribution in [-0.2, 0) is 5.75 Å². The summed E-state index contributed by atoms with van der Waals surface area (Å²) in [7, 11) is 0. The number of aromatic nitrogens is 1. The van der Waals surface area contributed by atoms with Crippen LogP contribution in [0.5, 0.6) is 0 Å². The summed E-state index contributed by atoms with van der Waals surface area (Å²) in [5, 5.41) is 6.92. The fourth-order valence-electron chi connectivity index (χ4n) is 2.49. The van der Waals surface area contributed by atoms with Gasteiger partial charge < -0.3 is 9.84 Å². The molecular weight excluding hydrogens is 376 g/mol. The first-order chi connectivity index (χ1) is 13.2. The van der Waals surface area contributed by atoms with E-state index in [1.165, 1.54) is 4.90 Å². The molecule has 0 radical (unpaired) electrons. The van der Waals surface area contributed by atoms with Crippen LogP contribution in [0.3, 0.4) is 0 Å². The fraction of sp³-hybridized carbons (Fsp3) is 0.238. The Kier molecular flexibility index (Phi) is 7.42. The average Bonchev–Trinajstić information content (AvgIpc) is 3.12. The molecule has 0 saturated heterocycles. The van der Waals surface area contributed by atoms with Gasteiger partial charge in [-0.3, -0.25) is 4.79 Å². The molecule has 3 rings (SSSR count). The molecule has 0 bridgehead atoms. The minimum absolute atomic E-state index is 0.0310. The Labute approximate surface area is 168 Å². The van der Waals surface area contributed by atoms with Crippen LogP contribution in [0.4, 0.5) is 0 Å². The molecule has 0 spiro atoms. The van der Waals surface area contributed by atoms with E-state index >= 15 is 0 Å². The first-order valence-electron chi connectivity index (χ1n) is 8.82. The van der Waals surface area contributed by atoms with Gasteiger partial charge in [-0.1, -0.05) is 35.5 Å². The molecule has 3 aromatic rings. The number of benzene rings is 2. The number of rotatable bonds is 9. The third-order valence-electron chi connectivity index (χ3n) is 3.80. The predicted molar refractivity (Wildman–Crippen MR) is 111 cm³/mol. The summed E-state index contributed by atoms with van der Waals surface area (Å²) < 4.78 is 5.24. The van der Waals surface area contributed by atoms with Crippen molar-refractivity contribution in [2.45, 2.75) is 28.9 Å². The summed E-state index contributed by atoms with van der Waals surface area (Å²) in [6.45, 7) is 2.56. The largest absolute Gasteiger partial charge is 0.360 e. The number of carbonyl (C=O) groups excluding carboxylic acids is 1. The predicted octanol–water partition coefficient (Wildman–Crippen LogP) is 5.19. The number of hydrogen-bond donors (Lipinski definition) is 1. The minimum atomic E-state index is -0.0310. The van der Waals surface area contributed by atoms with E-state index in [0.29, 0.717) is 17.9 Å². The zero-order valence-electron chi connectivity index (χ0n) is 15.2. The summed E-state index contributed by atoms with van der Waals surface area (Å²) >= 11 is 3.39. The monoisotopic (exact) mass is 398 g/mol. The van der Waals surface area contributed by atoms with Crippen LogP contribution in [0.15, 0.2) is 75.0 Å². The molecule has 2 aromatic carbocycles. The third kappa shape index (κ3) is 6.19. The van der Waals surface area contributed by atoms with Crippen LogP contribution in [0.25, 0.3) is 0 Å². The van der Waals surface area contributed by atoms with Gasteiger partial charge in [0, 0.05) is 22.4 Å². The van der Waals surface area contributed by atoms with Gasteiger partial charge in [-0.15, -0.1) is 23.5 Å². The topological polar surface area (TPSA) is 55.1 Å². The molecule has 0 aliphatic rings. The number of nitrogens with zero attached hydrogens (tertiary/aromatic N) is 1. The Morgan fingerprint density at radius 3 is 2.63 bits per heavy atom. The number of hydrogen-bond acceptors (Lipinski definition) is 5. The van der Waals surface area contributed by atoms with E-state index in [2.05, 4.69) is 22.6 Å². The molecule has 0 unspecified atom stereocenters. The van der Waals surface area contributed by atoms with Crippen molar-refractivity contribution in [3.63, 3.8) is 0 Å². The quantitative estimate of drug-likeness (QED) is 0.397. The van der Waals surface area contributed by atoms with E-state index in [-0.39, 0.29) is 5.91 Å². The van der Waals surface area contributed by atoms with Crippen molar-refractivity contribution in [3.05, 3.63) is 77.7 Å². The van der Waals surface area contributed by atoms with E-state index in [0.717, 1.165) is 28.5 Å². The van der Waals surface area contributed by atoms with Crippen LogP contribution in [0.1, 0.15) is 28.2 Å². The van der Waals surface area contributed by atoms with Gasteiger partial charge in [0.2, 0.25) is 0 Å². The molecule has 4 nitrogen and oxygen atoms in total. The highest BCUT2D eigenvalue weighted by Crippen LogP contribution is 2.26. The number of thioether (sulfide) groups is 2. The number of amides is 1. The molecule has 27 heavy (non-hydrogen) atoms. The molecule has 140 valence electrons. The number of nitrogens with one attached hydrogen (secondary N) is 1. The van der Waals surface area contributed by atoms with Crippen LogP contribution in [-0.4, -0.2) is 23.4 Å². The van der Waals surface area contributed by atoms with E-state index in [1.807, 2.05) is 67.2 Å². The lowest BCUT2D eigenvalue weighted by Gasteiger charge is -2.09. The second-order valence-electron chi connectivity index (χ2n) is 5.99. The SMILES string of the molecule is Cc1cc(CSc2ccccc2C(=O)NCCCSc2ccccc2)on1. The first kappa shape index (κ1) is 19.6. The van der Waals surface area contributed by atoms with E-state index in [4.69, 9.17) is 4.52 Å². The molecule has 6 heteroatoms. The molecule has 0 fully saturated rings. The molecule has 0 aliphatic heterocycles. The highest BCUT2D eigenvalue weighted by atomic mass is 32.2. The highest BCUT2D eigenvalue weighted by Gasteiger charge is 2.12. The first-order valence-corrected chi connectivity index (χ1v) is 10.8. The summed E-state index contributed by atoms with van der Waals surface area (Å²) in [6.07, 6.45) is 0.929. The van der Waals surface area contributed by atoms with Gasteiger partial charge in [0.05, 0.1) is 17.0 Å².